The molecule has 0 aliphatic carbocycles. The van der Waals surface area contributed by atoms with Gasteiger partial charge in [-0.05, 0) is 23.8 Å². The first-order valence-corrected chi connectivity index (χ1v) is 9.89. The van der Waals surface area contributed by atoms with Crippen LogP contribution in [0.1, 0.15) is 29.6 Å². The molecule has 1 saturated heterocycles. The van der Waals surface area contributed by atoms with Gasteiger partial charge in [-0.25, -0.2) is 4.79 Å². The number of rotatable bonds is 6. The normalized spacial score (nSPS) is 16.0. The van der Waals surface area contributed by atoms with Crippen LogP contribution in [0.4, 0.5) is 10.5 Å². The number of carbonyl (C=O) groups excluding carboxylic acids is 2. The Morgan fingerprint density at radius 3 is 2.83 bits per heavy atom. The van der Waals surface area contributed by atoms with E-state index in [2.05, 4.69) is 20.8 Å². The molecule has 2 heterocycles. The Morgan fingerprint density at radius 1 is 1.20 bits per heavy atom. The standard InChI is InChI=1S/C21H20ClN5O3/c22-16-7-4-8-17(10-16)24-21(29)23-11-18-25-20(26-30-18)15-9-19(28)27(13-15)12-14-5-2-1-3-6-14/h1-8,10,15H,9,11-13H2,(H2,23,24,29). The number of urea groups is 1. The summed E-state index contributed by atoms with van der Waals surface area (Å²) in [5.74, 6) is 0.694. The molecule has 3 aromatic rings. The van der Waals surface area contributed by atoms with Gasteiger partial charge in [0, 0.05) is 36.1 Å². The van der Waals surface area contributed by atoms with Crippen LogP contribution in [0.15, 0.2) is 59.1 Å². The number of carbonyl (C=O) groups is 2. The van der Waals surface area contributed by atoms with Crippen LogP contribution in [0, 0.1) is 0 Å². The predicted octanol–water partition coefficient (Wildman–Crippen LogP) is 3.56. The molecule has 9 heteroatoms. The molecule has 2 N–H and O–H groups in total. The second-order valence-corrected chi connectivity index (χ2v) is 7.46. The summed E-state index contributed by atoms with van der Waals surface area (Å²) >= 11 is 5.90. The van der Waals surface area contributed by atoms with E-state index in [-0.39, 0.29) is 24.3 Å². The number of benzene rings is 2. The second kappa shape index (κ2) is 8.96. The van der Waals surface area contributed by atoms with E-state index in [1.165, 1.54) is 0 Å². The molecule has 0 saturated carbocycles. The molecule has 1 aromatic heterocycles. The predicted molar refractivity (Wildman–Crippen MR) is 111 cm³/mol. The summed E-state index contributed by atoms with van der Waals surface area (Å²) < 4.78 is 5.23. The van der Waals surface area contributed by atoms with Crippen molar-refractivity contribution in [3.8, 4) is 0 Å². The van der Waals surface area contributed by atoms with Crippen LogP contribution in [-0.4, -0.2) is 33.5 Å². The lowest BCUT2D eigenvalue weighted by atomic mass is 10.1. The minimum atomic E-state index is -0.415. The molecule has 1 fully saturated rings. The fourth-order valence-corrected chi connectivity index (χ4v) is 3.50. The Hall–Kier alpha value is -3.39. The maximum atomic E-state index is 12.3. The van der Waals surface area contributed by atoms with Gasteiger partial charge in [0.25, 0.3) is 0 Å². The highest BCUT2D eigenvalue weighted by Gasteiger charge is 2.33. The van der Waals surface area contributed by atoms with E-state index in [9.17, 15) is 9.59 Å². The first-order valence-electron chi connectivity index (χ1n) is 9.51. The van der Waals surface area contributed by atoms with Crippen molar-refractivity contribution >= 4 is 29.2 Å². The van der Waals surface area contributed by atoms with Crippen LogP contribution in [0.5, 0.6) is 0 Å². The summed E-state index contributed by atoms with van der Waals surface area (Å²) in [5.41, 5.74) is 1.66. The van der Waals surface area contributed by atoms with Crippen molar-refractivity contribution in [1.29, 1.82) is 0 Å². The quantitative estimate of drug-likeness (QED) is 0.628. The molecule has 8 nitrogen and oxygen atoms in total. The van der Waals surface area contributed by atoms with E-state index in [0.29, 0.717) is 36.0 Å². The molecule has 1 atom stereocenters. The highest BCUT2D eigenvalue weighted by atomic mass is 35.5. The molecule has 0 bridgehead atoms. The molecule has 3 amide bonds. The third-order valence-electron chi connectivity index (χ3n) is 4.76. The van der Waals surface area contributed by atoms with Gasteiger partial charge in [0.2, 0.25) is 11.8 Å². The van der Waals surface area contributed by atoms with Crippen molar-refractivity contribution in [2.24, 2.45) is 0 Å². The molecule has 1 unspecified atom stereocenters. The monoisotopic (exact) mass is 425 g/mol. The Morgan fingerprint density at radius 2 is 2.03 bits per heavy atom. The maximum absolute atomic E-state index is 12.3. The van der Waals surface area contributed by atoms with Crippen LogP contribution in [-0.2, 0) is 17.9 Å². The van der Waals surface area contributed by atoms with Crippen LogP contribution >= 0.6 is 11.6 Å². The summed E-state index contributed by atoms with van der Waals surface area (Å²) in [6, 6.07) is 16.3. The lowest BCUT2D eigenvalue weighted by Crippen LogP contribution is -2.28. The van der Waals surface area contributed by atoms with E-state index in [4.69, 9.17) is 16.1 Å². The van der Waals surface area contributed by atoms with E-state index >= 15 is 0 Å². The smallest absolute Gasteiger partial charge is 0.319 e. The average molecular weight is 426 g/mol. The fourth-order valence-electron chi connectivity index (χ4n) is 3.30. The molecule has 2 aromatic carbocycles. The largest absolute Gasteiger partial charge is 0.338 e. The van der Waals surface area contributed by atoms with Crippen LogP contribution < -0.4 is 10.6 Å². The van der Waals surface area contributed by atoms with Crippen LogP contribution in [0.25, 0.3) is 0 Å². The Bertz CT molecular complexity index is 1040. The lowest BCUT2D eigenvalue weighted by molar-refractivity contribution is -0.128. The highest BCUT2D eigenvalue weighted by Crippen LogP contribution is 2.27. The summed E-state index contributed by atoms with van der Waals surface area (Å²) in [5, 5.41) is 9.85. The van der Waals surface area contributed by atoms with Gasteiger partial charge in [-0.2, -0.15) is 4.98 Å². The molecule has 154 valence electrons. The number of halogens is 1. The Balaban J connectivity index is 1.29. The van der Waals surface area contributed by atoms with E-state index < -0.39 is 6.03 Å². The molecular formula is C21H20ClN5O3. The second-order valence-electron chi connectivity index (χ2n) is 7.03. The van der Waals surface area contributed by atoms with Crippen molar-refractivity contribution in [1.82, 2.24) is 20.4 Å². The number of hydrogen-bond donors (Lipinski definition) is 2. The number of likely N-dealkylation sites (tertiary alicyclic amines) is 1. The zero-order valence-electron chi connectivity index (χ0n) is 16.0. The zero-order valence-corrected chi connectivity index (χ0v) is 16.8. The van der Waals surface area contributed by atoms with Crippen LogP contribution in [0.2, 0.25) is 5.02 Å². The van der Waals surface area contributed by atoms with Gasteiger partial charge in [0.05, 0.1) is 6.54 Å². The van der Waals surface area contributed by atoms with Crippen LogP contribution in [0.3, 0.4) is 0 Å². The summed E-state index contributed by atoms with van der Waals surface area (Å²) in [4.78, 5) is 30.5. The van der Waals surface area contributed by atoms with E-state index in [1.54, 1.807) is 29.2 Å². The maximum Gasteiger partial charge on any atom is 0.319 e. The number of anilines is 1. The van der Waals surface area contributed by atoms with Gasteiger partial charge < -0.3 is 20.1 Å². The minimum Gasteiger partial charge on any atom is -0.338 e. The minimum absolute atomic E-state index is 0.0641. The van der Waals surface area contributed by atoms with Crippen molar-refractivity contribution < 1.29 is 14.1 Å². The first kappa shape index (κ1) is 19.9. The topological polar surface area (TPSA) is 100 Å². The SMILES string of the molecule is O=C(NCc1nc(C2CC(=O)N(Cc3ccccc3)C2)no1)Nc1cccc(Cl)c1. The van der Waals surface area contributed by atoms with Gasteiger partial charge in [-0.1, -0.05) is 53.2 Å². The molecule has 4 rings (SSSR count). The van der Waals surface area contributed by atoms with Crippen molar-refractivity contribution in [3.63, 3.8) is 0 Å². The van der Waals surface area contributed by atoms with E-state index in [0.717, 1.165) is 5.56 Å². The average Bonchev–Trinajstić information content (AvgIpc) is 3.34. The Kier molecular flexibility index (Phi) is 5.94. The number of nitrogens with one attached hydrogen (secondary N) is 2. The first-order chi connectivity index (χ1) is 14.6. The Labute approximate surface area is 178 Å². The molecule has 30 heavy (non-hydrogen) atoms. The van der Waals surface area contributed by atoms with Crippen molar-refractivity contribution in [3.05, 3.63) is 76.9 Å². The molecular weight excluding hydrogens is 406 g/mol. The third kappa shape index (κ3) is 4.96. The number of amides is 3. The van der Waals surface area contributed by atoms with E-state index in [1.807, 2.05) is 30.3 Å². The molecule has 0 radical (unpaired) electrons. The number of aromatic nitrogens is 2. The summed E-state index contributed by atoms with van der Waals surface area (Å²) in [7, 11) is 0. The van der Waals surface area contributed by atoms with Gasteiger partial charge in [-0.15, -0.1) is 0 Å². The van der Waals surface area contributed by atoms with Gasteiger partial charge >= 0.3 is 6.03 Å². The van der Waals surface area contributed by atoms with Gasteiger partial charge in [0.1, 0.15) is 0 Å². The van der Waals surface area contributed by atoms with Crippen molar-refractivity contribution in [2.75, 3.05) is 11.9 Å². The zero-order chi connectivity index (χ0) is 20.9. The van der Waals surface area contributed by atoms with Gasteiger partial charge in [0.15, 0.2) is 5.82 Å². The lowest BCUT2D eigenvalue weighted by Gasteiger charge is -2.15. The fraction of sp³-hybridized carbons (Fsp3) is 0.238. The van der Waals surface area contributed by atoms with Gasteiger partial charge in [-0.3, -0.25) is 4.79 Å². The summed E-state index contributed by atoms with van der Waals surface area (Å²) in [6.45, 7) is 1.18. The summed E-state index contributed by atoms with van der Waals surface area (Å²) in [6.07, 6.45) is 0.342. The molecule has 1 aliphatic heterocycles. The molecule has 0 spiro atoms. The number of hydrogen-bond acceptors (Lipinski definition) is 5. The third-order valence-corrected chi connectivity index (χ3v) is 5.00. The molecule has 1 aliphatic rings. The highest BCUT2D eigenvalue weighted by molar-refractivity contribution is 6.30. The number of nitrogens with zero attached hydrogens (tertiary/aromatic N) is 3. The van der Waals surface area contributed by atoms with Crippen molar-refractivity contribution in [2.45, 2.75) is 25.4 Å².